The molecule has 0 bridgehead atoms. The number of rotatable bonds is 5. The molecule has 0 aliphatic carbocycles. The second kappa shape index (κ2) is 7.06. The van der Waals surface area contributed by atoms with E-state index in [2.05, 4.69) is 38.1 Å². The Kier molecular flexibility index (Phi) is 5.04. The second-order valence-electron chi connectivity index (χ2n) is 7.61. The number of nitrogens with zero attached hydrogens (tertiary/aromatic N) is 1. The smallest absolute Gasteiger partial charge is 0.229 e. The van der Waals surface area contributed by atoms with E-state index in [1.807, 2.05) is 6.07 Å². The molecule has 130 valence electrons. The molecule has 4 heteroatoms. The zero-order valence-corrected chi connectivity index (χ0v) is 14.7. The van der Waals surface area contributed by atoms with Crippen molar-refractivity contribution in [3.8, 4) is 0 Å². The molecule has 0 spiro atoms. The predicted molar refractivity (Wildman–Crippen MR) is 92.5 cm³/mol. The molecule has 0 saturated carbocycles. The molecule has 2 aliphatic heterocycles. The van der Waals surface area contributed by atoms with Gasteiger partial charge in [0, 0.05) is 26.0 Å². The maximum atomic E-state index is 11.9. The Morgan fingerprint density at radius 1 is 1.17 bits per heavy atom. The van der Waals surface area contributed by atoms with Crippen molar-refractivity contribution in [1.29, 1.82) is 0 Å². The Hall–Kier alpha value is -1.68. The number of likely N-dealkylation sites (tertiary alicyclic amines) is 1. The van der Waals surface area contributed by atoms with Gasteiger partial charge in [-0.05, 0) is 50.5 Å². The lowest BCUT2D eigenvalue weighted by Gasteiger charge is -2.39. The third-order valence-corrected chi connectivity index (χ3v) is 5.35. The zero-order valence-electron chi connectivity index (χ0n) is 14.7. The van der Waals surface area contributed by atoms with Gasteiger partial charge in [-0.1, -0.05) is 30.3 Å². The molecule has 1 aromatic rings. The summed E-state index contributed by atoms with van der Waals surface area (Å²) in [6.07, 6.45) is 3.62. The summed E-state index contributed by atoms with van der Waals surface area (Å²) in [6.45, 7) is 5.61. The van der Waals surface area contributed by atoms with Crippen molar-refractivity contribution in [1.82, 2.24) is 4.90 Å². The molecule has 2 heterocycles. The number of benzene rings is 1. The highest BCUT2D eigenvalue weighted by atomic mass is 16.5. The maximum absolute atomic E-state index is 11.9. The molecule has 3 rings (SSSR count). The summed E-state index contributed by atoms with van der Waals surface area (Å²) in [4.78, 5) is 25.3. The van der Waals surface area contributed by atoms with Gasteiger partial charge in [-0.25, -0.2) is 0 Å². The minimum absolute atomic E-state index is 0.0147. The third kappa shape index (κ3) is 3.86. The van der Waals surface area contributed by atoms with Gasteiger partial charge < -0.3 is 4.74 Å². The summed E-state index contributed by atoms with van der Waals surface area (Å²) >= 11 is 0. The normalized spacial score (nSPS) is 25.1. The van der Waals surface area contributed by atoms with Crippen LogP contribution in [0.3, 0.4) is 0 Å². The van der Waals surface area contributed by atoms with E-state index in [1.165, 1.54) is 10.5 Å². The number of amides is 2. The van der Waals surface area contributed by atoms with Crippen LogP contribution in [0.5, 0.6) is 0 Å². The summed E-state index contributed by atoms with van der Waals surface area (Å²) in [7, 11) is 0. The largest absolute Gasteiger partial charge is 0.376 e. The molecular weight excluding hydrogens is 302 g/mol. The first-order chi connectivity index (χ1) is 11.5. The standard InChI is InChI=1S/C20H27NO3/c1-20(2)14-16(11-13-24-20)17(15-6-4-3-5-7-15)10-12-21-18(22)8-9-19(21)23/h3-7,16-17H,8-14H2,1-2H3/t16-,17+/m1/s1. The van der Waals surface area contributed by atoms with E-state index in [0.29, 0.717) is 31.2 Å². The number of carbonyl (C=O) groups is 2. The van der Waals surface area contributed by atoms with Crippen LogP contribution in [0.15, 0.2) is 30.3 Å². The van der Waals surface area contributed by atoms with Crippen LogP contribution in [0.4, 0.5) is 0 Å². The van der Waals surface area contributed by atoms with Crippen molar-refractivity contribution in [2.24, 2.45) is 5.92 Å². The van der Waals surface area contributed by atoms with E-state index in [1.54, 1.807) is 0 Å². The Morgan fingerprint density at radius 2 is 1.83 bits per heavy atom. The van der Waals surface area contributed by atoms with Gasteiger partial charge in [0.2, 0.25) is 11.8 Å². The topological polar surface area (TPSA) is 46.6 Å². The van der Waals surface area contributed by atoms with Crippen LogP contribution in [0.1, 0.15) is 57.4 Å². The summed E-state index contributed by atoms with van der Waals surface area (Å²) in [5.74, 6) is 0.845. The number of hydrogen-bond donors (Lipinski definition) is 0. The Labute approximate surface area is 144 Å². The van der Waals surface area contributed by atoms with Crippen LogP contribution in [-0.4, -0.2) is 35.5 Å². The molecule has 0 N–H and O–H groups in total. The van der Waals surface area contributed by atoms with Crippen molar-refractivity contribution in [3.63, 3.8) is 0 Å². The van der Waals surface area contributed by atoms with E-state index < -0.39 is 0 Å². The molecule has 2 saturated heterocycles. The van der Waals surface area contributed by atoms with Crippen LogP contribution < -0.4 is 0 Å². The lowest BCUT2D eigenvalue weighted by Crippen LogP contribution is -2.37. The summed E-state index contributed by atoms with van der Waals surface area (Å²) in [6, 6.07) is 10.5. The van der Waals surface area contributed by atoms with Crippen molar-refractivity contribution in [2.45, 2.75) is 57.5 Å². The van der Waals surface area contributed by atoms with Crippen molar-refractivity contribution < 1.29 is 14.3 Å². The number of ether oxygens (including phenoxy) is 1. The van der Waals surface area contributed by atoms with Crippen molar-refractivity contribution in [2.75, 3.05) is 13.2 Å². The molecule has 2 fully saturated rings. The molecule has 0 unspecified atom stereocenters. The average Bonchev–Trinajstić information content (AvgIpc) is 2.87. The van der Waals surface area contributed by atoms with Gasteiger partial charge in [-0.2, -0.15) is 0 Å². The Bertz CT molecular complexity index is 580. The molecule has 0 aromatic heterocycles. The van der Waals surface area contributed by atoms with Crippen molar-refractivity contribution in [3.05, 3.63) is 35.9 Å². The van der Waals surface area contributed by atoms with E-state index in [9.17, 15) is 9.59 Å². The van der Waals surface area contributed by atoms with Crippen LogP contribution in [0.2, 0.25) is 0 Å². The molecular formula is C20H27NO3. The number of hydrogen-bond acceptors (Lipinski definition) is 3. The monoisotopic (exact) mass is 329 g/mol. The van der Waals surface area contributed by atoms with Crippen LogP contribution in [0, 0.1) is 5.92 Å². The first kappa shape index (κ1) is 17.2. The Morgan fingerprint density at radius 3 is 2.46 bits per heavy atom. The van der Waals surface area contributed by atoms with E-state index in [-0.39, 0.29) is 17.4 Å². The number of carbonyl (C=O) groups excluding carboxylic acids is 2. The highest BCUT2D eigenvalue weighted by molar-refractivity contribution is 6.01. The van der Waals surface area contributed by atoms with Crippen LogP contribution in [-0.2, 0) is 14.3 Å². The minimum atomic E-state index is -0.102. The minimum Gasteiger partial charge on any atom is -0.376 e. The van der Waals surface area contributed by atoms with Gasteiger partial charge in [-0.15, -0.1) is 0 Å². The Balaban J connectivity index is 1.75. The molecule has 0 radical (unpaired) electrons. The van der Waals surface area contributed by atoms with Gasteiger partial charge in [0.25, 0.3) is 0 Å². The summed E-state index contributed by atoms with van der Waals surface area (Å²) < 4.78 is 5.87. The first-order valence-corrected chi connectivity index (χ1v) is 8.98. The fourth-order valence-corrected chi connectivity index (χ4v) is 4.14. The van der Waals surface area contributed by atoms with Crippen LogP contribution in [0.25, 0.3) is 0 Å². The van der Waals surface area contributed by atoms with Crippen molar-refractivity contribution >= 4 is 11.8 Å². The molecule has 2 aliphatic rings. The van der Waals surface area contributed by atoms with Gasteiger partial charge in [0.05, 0.1) is 5.60 Å². The second-order valence-corrected chi connectivity index (χ2v) is 7.61. The molecule has 24 heavy (non-hydrogen) atoms. The quantitative estimate of drug-likeness (QED) is 0.777. The van der Waals surface area contributed by atoms with E-state index in [0.717, 1.165) is 25.9 Å². The maximum Gasteiger partial charge on any atom is 0.229 e. The first-order valence-electron chi connectivity index (χ1n) is 8.98. The zero-order chi connectivity index (χ0) is 17.2. The molecule has 2 amide bonds. The molecule has 1 aromatic carbocycles. The SMILES string of the molecule is CC1(C)C[C@H]([C@@H](CCN2C(=O)CCC2=O)c2ccccc2)CCO1. The summed E-state index contributed by atoms with van der Waals surface area (Å²) in [5, 5.41) is 0. The van der Waals surface area contributed by atoms with Crippen LogP contribution >= 0.6 is 0 Å². The van der Waals surface area contributed by atoms with Gasteiger partial charge >= 0.3 is 0 Å². The number of imide groups is 1. The van der Waals surface area contributed by atoms with Gasteiger partial charge in [0.15, 0.2) is 0 Å². The lowest BCUT2D eigenvalue weighted by atomic mass is 9.75. The van der Waals surface area contributed by atoms with Gasteiger partial charge in [0.1, 0.15) is 0 Å². The highest BCUT2D eigenvalue weighted by Crippen LogP contribution is 2.40. The van der Waals surface area contributed by atoms with E-state index >= 15 is 0 Å². The summed E-state index contributed by atoms with van der Waals surface area (Å²) in [5.41, 5.74) is 1.20. The average molecular weight is 329 g/mol. The third-order valence-electron chi connectivity index (χ3n) is 5.35. The highest BCUT2D eigenvalue weighted by Gasteiger charge is 2.35. The fraction of sp³-hybridized carbons (Fsp3) is 0.600. The molecule has 4 nitrogen and oxygen atoms in total. The predicted octanol–water partition coefficient (Wildman–Crippen LogP) is 3.51. The molecule has 2 atom stereocenters. The fourth-order valence-electron chi connectivity index (χ4n) is 4.14. The van der Waals surface area contributed by atoms with E-state index in [4.69, 9.17) is 4.74 Å². The van der Waals surface area contributed by atoms with Gasteiger partial charge in [-0.3, -0.25) is 14.5 Å². The lowest BCUT2D eigenvalue weighted by molar-refractivity contribution is -0.138.